The van der Waals surface area contributed by atoms with Crippen molar-refractivity contribution in [1.82, 2.24) is 0 Å². The summed E-state index contributed by atoms with van der Waals surface area (Å²) in [6.45, 7) is 0.695. The van der Waals surface area contributed by atoms with Crippen molar-refractivity contribution in [2.45, 2.75) is 6.54 Å². The molecule has 0 saturated carbocycles. The number of oxime groups is 1. The van der Waals surface area contributed by atoms with Gasteiger partial charge in [-0.3, -0.25) is 0 Å². The van der Waals surface area contributed by atoms with Crippen LogP contribution in [0.3, 0.4) is 0 Å². The van der Waals surface area contributed by atoms with Gasteiger partial charge < -0.3 is 15.8 Å². The maximum Gasteiger partial charge on any atom is 0.172 e. The molecular weight excluding hydrogens is 354 g/mol. The zero-order valence-electron chi connectivity index (χ0n) is 11.4. The number of benzene rings is 2. The molecule has 0 unspecified atom stereocenters. The van der Waals surface area contributed by atoms with Crippen LogP contribution in [0.25, 0.3) is 0 Å². The molecule has 0 heterocycles. The second-order valence-corrected chi connectivity index (χ2v) is 5.98. The summed E-state index contributed by atoms with van der Waals surface area (Å²) >= 11 is 9.40. The highest BCUT2D eigenvalue weighted by Crippen LogP contribution is 2.25. The highest BCUT2D eigenvalue weighted by molar-refractivity contribution is 9.10. The normalized spacial score (nSPS) is 11.5. The third-order valence-corrected chi connectivity index (χ3v) is 3.85. The molecule has 0 amide bonds. The molecule has 0 aliphatic rings. The largest absolute Gasteiger partial charge is 0.409 e. The van der Waals surface area contributed by atoms with Gasteiger partial charge >= 0.3 is 0 Å². The first kappa shape index (κ1) is 15.7. The average molecular weight is 369 g/mol. The van der Waals surface area contributed by atoms with Crippen molar-refractivity contribution in [3.05, 3.63) is 63.1 Å². The van der Waals surface area contributed by atoms with Gasteiger partial charge in [-0.2, -0.15) is 0 Å². The molecule has 0 aliphatic carbocycles. The Morgan fingerprint density at radius 3 is 2.57 bits per heavy atom. The topological polar surface area (TPSA) is 61.8 Å². The van der Waals surface area contributed by atoms with Gasteiger partial charge in [-0.1, -0.05) is 44.8 Å². The van der Waals surface area contributed by atoms with Crippen molar-refractivity contribution < 1.29 is 5.21 Å². The van der Waals surface area contributed by atoms with Gasteiger partial charge in [0.05, 0.1) is 0 Å². The van der Waals surface area contributed by atoms with Gasteiger partial charge in [0.2, 0.25) is 0 Å². The first-order valence-corrected chi connectivity index (χ1v) is 7.41. The molecule has 0 bridgehead atoms. The van der Waals surface area contributed by atoms with Crippen LogP contribution in [0.4, 0.5) is 5.69 Å². The zero-order valence-corrected chi connectivity index (χ0v) is 13.8. The van der Waals surface area contributed by atoms with Crippen LogP contribution < -0.4 is 10.6 Å². The Labute approximate surface area is 136 Å². The maximum absolute atomic E-state index is 8.90. The lowest BCUT2D eigenvalue weighted by molar-refractivity contribution is 0.318. The molecule has 21 heavy (non-hydrogen) atoms. The van der Waals surface area contributed by atoms with E-state index < -0.39 is 0 Å². The zero-order chi connectivity index (χ0) is 15.4. The van der Waals surface area contributed by atoms with Crippen molar-refractivity contribution in [2.24, 2.45) is 10.9 Å². The van der Waals surface area contributed by atoms with Crippen molar-refractivity contribution in [3.63, 3.8) is 0 Å². The van der Waals surface area contributed by atoms with E-state index in [1.807, 2.05) is 42.3 Å². The summed E-state index contributed by atoms with van der Waals surface area (Å²) < 4.78 is 1.04. The molecule has 2 aromatic carbocycles. The SMILES string of the molecule is CN(Cc1ccc(Br)cc1)c1ccc(Cl)cc1C(N)=NO. The van der Waals surface area contributed by atoms with E-state index in [2.05, 4.69) is 21.1 Å². The Morgan fingerprint density at radius 2 is 1.95 bits per heavy atom. The molecule has 6 heteroatoms. The number of amidine groups is 1. The predicted molar refractivity (Wildman–Crippen MR) is 90.2 cm³/mol. The van der Waals surface area contributed by atoms with Crippen molar-refractivity contribution in [1.29, 1.82) is 0 Å². The molecule has 0 radical (unpaired) electrons. The number of halogens is 2. The summed E-state index contributed by atoms with van der Waals surface area (Å²) in [5.74, 6) is 0.0372. The summed E-state index contributed by atoms with van der Waals surface area (Å²) in [4.78, 5) is 2.02. The highest BCUT2D eigenvalue weighted by atomic mass is 79.9. The van der Waals surface area contributed by atoms with Crippen molar-refractivity contribution in [3.8, 4) is 0 Å². The van der Waals surface area contributed by atoms with E-state index in [9.17, 15) is 0 Å². The van der Waals surface area contributed by atoms with Gasteiger partial charge in [-0.15, -0.1) is 0 Å². The minimum atomic E-state index is 0.0372. The fraction of sp³-hybridized carbons (Fsp3) is 0.133. The number of anilines is 1. The molecule has 0 aromatic heterocycles. The smallest absolute Gasteiger partial charge is 0.172 e. The third-order valence-electron chi connectivity index (χ3n) is 3.09. The molecule has 110 valence electrons. The molecule has 0 spiro atoms. The van der Waals surface area contributed by atoms with E-state index in [0.29, 0.717) is 17.1 Å². The molecule has 0 saturated heterocycles. The molecule has 2 rings (SSSR count). The first-order valence-electron chi connectivity index (χ1n) is 6.24. The second kappa shape index (κ2) is 6.83. The summed E-state index contributed by atoms with van der Waals surface area (Å²) in [6.07, 6.45) is 0. The van der Waals surface area contributed by atoms with Crippen LogP contribution in [-0.2, 0) is 6.54 Å². The van der Waals surface area contributed by atoms with Gasteiger partial charge in [0.15, 0.2) is 5.84 Å². The van der Waals surface area contributed by atoms with E-state index in [1.165, 1.54) is 0 Å². The van der Waals surface area contributed by atoms with Crippen molar-refractivity contribution >= 4 is 39.1 Å². The Hall–Kier alpha value is -1.72. The lowest BCUT2D eigenvalue weighted by Crippen LogP contribution is -2.22. The summed E-state index contributed by atoms with van der Waals surface area (Å²) in [7, 11) is 1.94. The Kier molecular flexibility index (Phi) is 5.09. The average Bonchev–Trinajstić information content (AvgIpc) is 2.48. The Balaban J connectivity index is 2.30. The highest BCUT2D eigenvalue weighted by Gasteiger charge is 2.12. The molecule has 3 N–H and O–H groups in total. The van der Waals surface area contributed by atoms with E-state index >= 15 is 0 Å². The molecular formula is C15H15BrClN3O. The molecule has 4 nitrogen and oxygen atoms in total. The number of hydrogen-bond donors (Lipinski definition) is 2. The van der Waals surface area contributed by atoms with Gasteiger partial charge in [0, 0.05) is 34.3 Å². The van der Waals surface area contributed by atoms with E-state index in [-0.39, 0.29) is 5.84 Å². The molecule has 0 aliphatic heterocycles. The lowest BCUT2D eigenvalue weighted by Gasteiger charge is -2.22. The minimum Gasteiger partial charge on any atom is -0.409 e. The van der Waals surface area contributed by atoms with Crippen LogP contribution in [0, 0.1) is 0 Å². The number of nitrogens with zero attached hydrogens (tertiary/aromatic N) is 2. The van der Waals surface area contributed by atoms with E-state index in [0.717, 1.165) is 15.7 Å². The summed E-state index contributed by atoms with van der Waals surface area (Å²) in [5, 5.41) is 12.5. The van der Waals surface area contributed by atoms with Crippen LogP contribution in [0.15, 0.2) is 52.1 Å². The van der Waals surface area contributed by atoms with Crippen molar-refractivity contribution in [2.75, 3.05) is 11.9 Å². The monoisotopic (exact) mass is 367 g/mol. The molecule has 2 aromatic rings. The Bertz CT molecular complexity index is 658. The number of rotatable bonds is 4. The van der Waals surface area contributed by atoms with Crippen LogP contribution in [0.2, 0.25) is 5.02 Å². The third kappa shape index (κ3) is 3.89. The van der Waals surface area contributed by atoms with Crippen LogP contribution in [0.5, 0.6) is 0 Å². The number of hydrogen-bond acceptors (Lipinski definition) is 3. The van der Waals surface area contributed by atoms with Crippen LogP contribution in [0.1, 0.15) is 11.1 Å². The minimum absolute atomic E-state index is 0.0372. The fourth-order valence-corrected chi connectivity index (χ4v) is 2.49. The van der Waals surface area contributed by atoms with Crippen LogP contribution >= 0.6 is 27.5 Å². The van der Waals surface area contributed by atoms with Gasteiger partial charge in [0.1, 0.15) is 0 Å². The summed E-state index contributed by atoms with van der Waals surface area (Å²) in [5.41, 5.74) is 8.32. The van der Waals surface area contributed by atoms with Gasteiger partial charge in [0.25, 0.3) is 0 Å². The maximum atomic E-state index is 8.90. The Morgan fingerprint density at radius 1 is 1.29 bits per heavy atom. The van der Waals surface area contributed by atoms with Gasteiger partial charge in [-0.25, -0.2) is 0 Å². The predicted octanol–water partition coefficient (Wildman–Crippen LogP) is 3.83. The standard InChI is InChI=1S/C15H15BrClN3O/c1-20(9-10-2-4-11(16)5-3-10)14-7-6-12(17)8-13(14)15(18)19-21/h2-8,21H,9H2,1H3,(H2,18,19). The molecule has 0 atom stereocenters. The second-order valence-electron chi connectivity index (χ2n) is 4.63. The summed E-state index contributed by atoms with van der Waals surface area (Å²) in [6, 6.07) is 13.4. The van der Waals surface area contributed by atoms with E-state index in [1.54, 1.807) is 12.1 Å². The molecule has 0 fully saturated rings. The fourth-order valence-electron chi connectivity index (χ4n) is 2.05. The number of nitrogens with two attached hydrogens (primary N) is 1. The van der Waals surface area contributed by atoms with E-state index in [4.69, 9.17) is 22.5 Å². The lowest BCUT2D eigenvalue weighted by atomic mass is 10.1. The van der Waals surface area contributed by atoms with Crippen LogP contribution in [-0.4, -0.2) is 18.1 Å². The first-order chi connectivity index (χ1) is 10.0. The van der Waals surface area contributed by atoms with Gasteiger partial charge in [-0.05, 0) is 35.9 Å². The quantitative estimate of drug-likeness (QED) is 0.373.